The van der Waals surface area contributed by atoms with E-state index >= 15 is 0 Å². The van der Waals surface area contributed by atoms with Crippen molar-refractivity contribution in [1.82, 2.24) is 0 Å². The first kappa shape index (κ1) is 35.9. The van der Waals surface area contributed by atoms with Gasteiger partial charge in [0.05, 0.1) is 18.4 Å². The number of hydrogen-bond acceptors (Lipinski definition) is 10. The van der Waals surface area contributed by atoms with Gasteiger partial charge in [0.25, 0.3) is 0 Å². The highest BCUT2D eigenvalue weighted by Gasteiger charge is 2.35. The molecule has 4 rings (SSSR count). The molecular weight excluding hydrogens is 616 g/mol. The van der Waals surface area contributed by atoms with Crippen LogP contribution >= 0.6 is 0 Å². The standard InChI is InChI=1S/C38H42O10/c1-5-34(39)47-32-20-7-25(23-33(32)48-35(40)6-2)21-22-44-37(42)28-12-8-26(9-13-28)27-10-14-29(15-11-27)38(43)46-31-18-16-30(17-19-31)45-36(41)24(3)4/h5-7,16-20,23,26-29H,1-3,8-15,21-22H2,4H3. The number of hydrogen-bond donors (Lipinski definition) is 0. The summed E-state index contributed by atoms with van der Waals surface area (Å²) >= 11 is 0. The minimum absolute atomic E-state index is 0.0539. The molecule has 0 radical (unpaired) electrons. The Kier molecular flexibility index (Phi) is 12.9. The molecule has 2 aliphatic carbocycles. The van der Waals surface area contributed by atoms with Gasteiger partial charge in [0.1, 0.15) is 11.5 Å². The highest BCUT2D eigenvalue weighted by molar-refractivity contribution is 5.89. The zero-order valence-corrected chi connectivity index (χ0v) is 27.3. The molecule has 2 aromatic rings. The van der Waals surface area contributed by atoms with Crippen LogP contribution in [0.3, 0.4) is 0 Å². The normalized spacial score (nSPS) is 20.4. The van der Waals surface area contributed by atoms with Gasteiger partial charge in [-0.3, -0.25) is 9.59 Å². The van der Waals surface area contributed by atoms with E-state index in [0.717, 1.165) is 69.1 Å². The van der Waals surface area contributed by atoms with Crippen molar-refractivity contribution in [2.45, 2.75) is 64.7 Å². The van der Waals surface area contributed by atoms with Crippen LogP contribution in [-0.4, -0.2) is 36.5 Å². The first-order valence-electron chi connectivity index (χ1n) is 16.2. The number of ether oxygens (including phenoxy) is 5. The van der Waals surface area contributed by atoms with E-state index in [-0.39, 0.29) is 41.9 Å². The summed E-state index contributed by atoms with van der Waals surface area (Å²) in [7, 11) is 0. The second-order valence-corrected chi connectivity index (χ2v) is 12.2. The molecule has 10 heteroatoms. The highest BCUT2D eigenvalue weighted by atomic mass is 16.6. The summed E-state index contributed by atoms with van der Waals surface area (Å²) in [5.41, 5.74) is 1.03. The third kappa shape index (κ3) is 10.3. The van der Waals surface area contributed by atoms with Gasteiger partial charge in [-0.05, 0) is 112 Å². The van der Waals surface area contributed by atoms with Crippen LogP contribution < -0.4 is 18.9 Å². The SMILES string of the molecule is C=CC(=O)Oc1ccc(CCOC(=O)C2CCC(C3CCC(C(=O)Oc4ccc(OC(=O)C(=C)C)cc4)CC3)CC2)cc1OC(=O)C=C. The number of esters is 5. The zero-order chi connectivity index (χ0) is 34.6. The van der Waals surface area contributed by atoms with Crippen molar-refractivity contribution >= 4 is 29.8 Å². The van der Waals surface area contributed by atoms with E-state index in [4.69, 9.17) is 23.7 Å². The molecule has 48 heavy (non-hydrogen) atoms. The molecule has 0 aromatic heterocycles. The van der Waals surface area contributed by atoms with Crippen LogP contribution in [0.2, 0.25) is 0 Å². The van der Waals surface area contributed by atoms with Crippen LogP contribution in [0.25, 0.3) is 0 Å². The number of carbonyl (C=O) groups is 5. The van der Waals surface area contributed by atoms with Crippen molar-refractivity contribution in [3.05, 3.63) is 85.5 Å². The van der Waals surface area contributed by atoms with Gasteiger partial charge in [0.15, 0.2) is 11.5 Å². The van der Waals surface area contributed by atoms with E-state index in [0.29, 0.717) is 35.3 Å². The largest absolute Gasteiger partial charge is 0.465 e. The summed E-state index contributed by atoms with van der Waals surface area (Å²) in [5, 5.41) is 0. The summed E-state index contributed by atoms with van der Waals surface area (Å²) in [6, 6.07) is 11.1. The maximum absolute atomic E-state index is 12.8. The Morgan fingerprint density at radius 1 is 0.667 bits per heavy atom. The molecular formula is C38H42O10. The Morgan fingerprint density at radius 3 is 1.69 bits per heavy atom. The molecule has 0 unspecified atom stereocenters. The summed E-state index contributed by atoms with van der Waals surface area (Å²) in [6.07, 6.45) is 9.27. The minimum Gasteiger partial charge on any atom is -0.465 e. The van der Waals surface area contributed by atoms with Crippen LogP contribution in [0.1, 0.15) is 63.9 Å². The fraction of sp³-hybridized carbons (Fsp3) is 0.395. The lowest BCUT2D eigenvalue weighted by Crippen LogP contribution is -2.31. The van der Waals surface area contributed by atoms with Gasteiger partial charge in [-0.25, -0.2) is 14.4 Å². The first-order chi connectivity index (χ1) is 23.1. The van der Waals surface area contributed by atoms with Crippen molar-refractivity contribution in [1.29, 1.82) is 0 Å². The molecule has 2 aromatic carbocycles. The fourth-order valence-electron chi connectivity index (χ4n) is 6.18. The molecule has 0 aliphatic heterocycles. The summed E-state index contributed by atoms with van der Waals surface area (Å²) in [5.74, 6) is -0.746. The van der Waals surface area contributed by atoms with Gasteiger partial charge in [0, 0.05) is 24.1 Å². The molecule has 2 aliphatic rings. The molecule has 0 spiro atoms. The van der Waals surface area contributed by atoms with E-state index in [1.54, 1.807) is 43.3 Å². The van der Waals surface area contributed by atoms with Crippen LogP contribution in [0.15, 0.2) is 79.9 Å². The van der Waals surface area contributed by atoms with Gasteiger partial charge < -0.3 is 23.7 Å². The molecule has 0 amide bonds. The average molecular weight is 659 g/mol. The second-order valence-electron chi connectivity index (χ2n) is 12.2. The number of carbonyl (C=O) groups excluding carboxylic acids is 5. The molecule has 0 N–H and O–H groups in total. The van der Waals surface area contributed by atoms with Crippen molar-refractivity contribution in [2.75, 3.05) is 6.61 Å². The zero-order valence-electron chi connectivity index (χ0n) is 27.3. The molecule has 0 saturated heterocycles. The molecule has 254 valence electrons. The minimum atomic E-state index is -0.704. The van der Waals surface area contributed by atoms with Crippen molar-refractivity contribution in [3.8, 4) is 23.0 Å². The number of rotatable bonds is 13. The smallest absolute Gasteiger partial charge is 0.338 e. The van der Waals surface area contributed by atoms with Gasteiger partial charge in [-0.15, -0.1) is 0 Å². The molecule has 0 bridgehead atoms. The van der Waals surface area contributed by atoms with E-state index < -0.39 is 17.9 Å². The Balaban J connectivity index is 1.17. The highest BCUT2D eigenvalue weighted by Crippen LogP contribution is 2.42. The van der Waals surface area contributed by atoms with Crippen LogP contribution in [0, 0.1) is 23.7 Å². The monoisotopic (exact) mass is 658 g/mol. The molecule has 10 nitrogen and oxygen atoms in total. The Bertz CT molecular complexity index is 1520. The third-order valence-corrected chi connectivity index (χ3v) is 8.88. The van der Waals surface area contributed by atoms with Crippen molar-refractivity contribution in [2.24, 2.45) is 23.7 Å². The first-order valence-corrected chi connectivity index (χ1v) is 16.2. The Labute approximate surface area is 280 Å². The van der Waals surface area contributed by atoms with E-state index in [1.165, 1.54) is 6.07 Å². The van der Waals surface area contributed by atoms with Gasteiger partial charge >= 0.3 is 29.8 Å². The summed E-state index contributed by atoms with van der Waals surface area (Å²) in [6.45, 7) is 12.0. The Morgan fingerprint density at radius 2 is 1.17 bits per heavy atom. The van der Waals surface area contributed by atoms with Gasteiger partial charge in [-0.2, -0.15) is 0 Å². The predicted molar refractivity (Wildman–Crippen MR) is 176 cm³/mol. The van der Waals surface area contributed by atoms with Crippen molar-refractivity contribution < 1.29 is 47.7 Å². The maximum Gasteiger partial charge on any atom is 0.338 e. The predicted octanol–water partition coefficient (Wildman–Crippen LogP) is 6.66. The third-order valence-electron chi connectivity index (χ3n) is 8.88. The lowest BCUT2D eigenvalue weighted by molar-refractivity contribution is -0.150. The van der Waals surface area contributed by atoms with E-state index in [9.17, 15) is 24.0 Å². The molecule has 0 atom stereocenters. The van der Waals surface area contributed by atoms with Crippen molar-refractivity contribution in [3.63, 3.8) is 0 Å². The van der Waals surface area contributed by atoms with Crippen LogP contribution in [0.4, 0.5) is 0 Å². The number of benzene rings is 2. The quantitative estimate of drug-likeness (QED) is 0.131. The summed E-state index contributed by atoms with van der Waals surface area (Å²) < 4.78 is 26.7. The lowest BCUT2D eigenvalue weighted by Gasteiger charge is -2.36. The Hall–Kier alpha value is -4.99. The summed E-state index contributed by atoms with van der Waals surface area (Å²) in [4.78, 5) is 60.7. The second kappa shape index (κ2) is 17.2. The molecule has 2 fully saturated rings. The van der Waals surface area contributed by atoms with Gasteiger partial charge in [0.2, 0.25) is 0 Å². The lowest BCUT2D eigenvalue weighted by atomic mass is 9.69. The van der Waals surface area contributed by atoms with E-state index in [2.05, 4.69) is 19.7 Å². The van der Waals surface area contributed by atoms with Crippen LogP contribution in [0.5, 0.6) is 23.0 Å². The topological polar surface area (TPSA) is 132 Å². The van der Waals surface area contributed by atoms with Crippen LogP contribution in [-0.2, 0) is 35.1 Å². The fourth-order valence-corrected chi connectivity index (χ4v) is 6.18. The average Bonchev–Trinajstić information content (AvgIpc) is 3.10. The maximum atomic E-state index is 12.8. The van der Waals surface area contributed by atoms with Gasteiger partial charge in [-0.1, -0.05) is 25.8 Å². The molecule has 0 heterocycles. The van der Waals surface area contributed by atoms with E-state index in [1.807, 2.05) is 0 Å². The molecule has 2 saturated carbocycles.